The summed E-state index contributed by atoms with van der Waals surface area (Å²) >= 11 is 0. The fourth-order valence-electron chi connectivity index (χ4n) is 3.00. The van der Waals surface area contributed by atoms with Crippen molar-refractivity contribution >= 4 is 16.0 Å². The van der Waals surface area contributed by atoms with Gasteiger partial charge in [-0.05, 0) is 44.0 Å². The molecule has 146 valence electrons. The van der Waals surface area contributed by atoms with E-state index in [1.807, 2.05) is 6.92 Å². The number of likely N-dealkylation sites (N-methyl/N-ethyl adjacent to an activating group) is 1. The van der Waals surface area contributed by atoms with Crippen molar-refractivity contribution in [3.05, 3.63) is 29.3 Å². The predicted molar refractivity (Wildman–Crippen MR) is 88.2 cm³/mol. The molecule has 26 heavy (non-hydrogen) atoms. The number of aryl methyl sites for hydroxylation is 1. The van der Waals surface area contributed by atoms with Gasteiger partial charge in [0.25, 0.3) is 0 Å². The molecule has 1 aliphatic rings. The van der Waals surface area contributed by atoms with Crippen LogP contribution in [0.5, 0.6) is 0 Å². The molecule has 0 bridgehead atoms. The van der Waals surface area contributed by atoms with Gasteiger partial charge in [-0.25, -0.2) is 13.1 Å². The molecular formula is C16H21F3N2O4S. The molecule has 1 fully saturated rings. The number of alkyl halides is 3. The highest BCUT2D eigenvalue weighted by Gasteiger charge is 2.37. The molecule has 6 nitrogen and oxygen atoms in total. The van der Waals surface area contributed by atoms with E-state index in [0.29, 0.717) is 25.5 Å². The van der Waals surface area contributed by atoms with Crippen molar-refractivity contribution in [3.8, 4) is 0 Å². The van der Waals surface area contributed by atoms with Crippen LogP contribution < -0.4 is 4.72 Å². The number of sulfonamides is 1. The summed E-state index contributed by atoms with van der Waals surface area (Å²) in [6.07, 6.45) is -3.80. The van der Waals surface area contributed by atoms with Crippen molar-refractivity contribution in [1.82, 2.24) is 9.62 Å². The minimum atomic E-state index is -4.63. The van der Waals surface area contributed by atoms with Crippen molar-refractivity contribution in [2.45, 2.75) is 49.8 Å². The van der Waals surface area contributed by atoms with Gasteiger partial charge in [0.1, 0.15) is 0 Å². The Morgan fingerprint density at radius 1 is 1.35 bits per heavy atom. The monoisotopic (exact) mass is 394 g/mol. The molecule has 0 amide bonds. The van der Waals surface area contributed by atoms with E-state index >= 15 is 0 Å². The van der Waals surface area contributed by atoms with Crippen LogP contribution in [-0.2, 0) is 21.0 Å². The summed E-state index contributed by atoms with van der Waals surface area (Å²) in [6.45, 7) is 3.63. The molecular weight excluding hydrogens is 373 g/mol. The summed E-state index contributed by atoms with van der Waals surface area (Å²) < 4.78 is 65.9. The van der Waals surface area contributed by atoms with Crippen molar-refractivity contribution < 1.29 is 31.5 Å². The topological polar surface area (TPSA) is 86.7 Å². The maximum absolute atomic E-state index is 12.8. The Kier molecular flexibility index (Phi) is 5.99. The highest BCUT2D eigenvalue weighted by Crippen LogP contribution is 2.32. The number of nitrogens with zero attached hydrogens (tertiary/aromatic N) is 1. The molecule has 1 aromatic carbocycles. The smallest absolute Gasteiger partial charge is 0.416 e. The van der Waals surface area contributed by atoms with Crippen LogP contribution in [0.2, 0.25) is 0 Å². The van der Waals surface area contributed by atoms with Crippen molar-refractivity contribution in [2.24, 2.45) is 0 Å². The SMILES string of the molecule is CCN(CC(=O)O)C1CC(NS(=O)(=O)c2cc(C(F)(F)F)ccc2C)C1. The van der Waals surface area contributed by atoms with Gasteiger partial charge in [-0.3, -0.25) is 9.69 Å². The lowest BCUT2D eigenvalue weighted by molar-refractivity contribution is -0.139. The summed E-state index contributed by atoms with van der Waals surface area (Å²) in [5.74, 6) is -0.963. The number of hydrogen-bond donors (Lipinski definition) is 2. The molecule has 0 atom stereocenters. The van der Waals surface area contributed by atoms with Gasteiger partial charge in [-0.15, -0.1) is 0 Å². The zero-order valence-corrected chi connectivity index (χ0v) is 15.2. The first-order chi connectivity index (χ1) is 11.9. The number of rotatable bonds is 7. The van der Waals surface area contributed by atoms with E-state index in [2.05, 4.69) is 4.72 Å². The molecule has 1 aromatic rings. The van der Waals surface area contributed by atoms with Crippen LogP contribution in [0.25, 0.3) is 0 Å². The van der Waals surface area contributed by atoms with Crippen LogP contribution in [0, 0.1) is 6.92 Å². The van der Waals surface area contributed by atoms with Gasteiger partial charge in [0.2, 0.25) is 10.0 Å². The van der Waals surface area contributed by atoms with Crippen LogP contribution in [-0.4, -0.2) is 49.6 Å². The third kappa shape index (κ3) is 4.74. The Balaban J connectivity index is 2.08. The molecule has 2 rings (SSSR count). The summed E-state index contributed by atoms with van der Waals surface area (Å²) in [4.78, 5) is 12.1. The van der Waals surface area contributed by atoms with E-state index < -0.39 is 38.7 Å². The lowest BCUT2D eigenvalue weighted by atomic mass is 9.86. The Hall–Kier alpha value is -1.65. The van der Waals surface area contributed by atoms with Gasteiger partial charge < -0.3 is 5.11 Å². The quantitative estimate of drug-likeness (QED) is 0.741. The van der Waals surface area contributed by atoms with E-state index in [1.54, 1.807) is 4.90 Å². The Bertz CT molecular complexity index is 774. The minimum Gasteiger partial charge on any atom is -0.480 e. The lowest BCUT2D eigenvalue weighted by Crippen LogP contribution is -2.54. The molecule has 2 N–H and O–H groups in total. The standard InChI is InChI=1S/C16H21F3N2O4S/c1-3-21(9-15(22)23)13-7-12(8-13)20-26(24,25)14-6-11(16(17,18)19)5-4-10(14)2/h4-6,12-13,20H,3,7-9H2,1-2H3,(H,22,23). The Labute approximate surface area is 150 Å². The maximum Gasteiger partial charge on any atom is 0.416 e. The summed E-state index contributed by atoms with van der Waals surface area (Å²) in [5, 5.41) is 8.86. The number of nitrogens with one attached hydrogen (secondary N) is 1. The van der Waals surface area contributed by atoms with Crippen molar-refractivity contribution in [1.29, 1.82) is 0 Å². The first kappa shape index (κ1) is 20.7. The van der Waals surface area contributed by atoms with E-state index in [0.717, 1.165) is 12.1 Å². The van der Waals surface area contributed by atoms with Gasteiger partial charge in [-0.2, -0.15) is 13.2 Å². The van der Waals surface area contributed by atoms with Crippen LogP contribution in [0.1, 0.15) is 30.9 Å². The molecule has 0 radical (unpaired) electrons. The highest BCUT2D eigenvalue weighted by molar-refractivity contribution is 7.89. The highest BCUT2D eigenvalue weighted by atomic mass is 32.2. The Morgan fingerprint density at radius 3 is 2.46 bits per heavy atom. The fraction of sp³-hybridized carbons (Fsp3) is 0.562. The average molecular weight is 394 g/mol. The zero-order chi connectivity index (χ0) is 19.7. The largest absolute Gasteiger partial charge is 0.480 e. The summed E-state index contributed by atoms with van der Waals surface area (Å²) in [5.41, 5.74) is -0.795. The number of carboxylic acid groups (broad SMARTS) is 1. The van der Waals surface area contributed by atoms with E-state index in [-0.39, 0.29) is 18.2 Å². The van der Waals surface area contributed by atoms with E-state index in [4.69, 9.17) is 5.11 Å². The minimum absolute atomic E-state index is 0.0635. The molecule has 1 saturated carbocycles. The third-order valence-corrected chi connectivity index (χ3v) is 6.16. The molecule has 0 unspecified atom stereocenters. The maximum atomic E-state index is 12.8. The third-order valence-electron chi connectivity index (χ3n) is 4.50. The van der Waals surface area contributed by atoms with Crippen LogP contribution >= 0.6 is 0 Å². The number of halogens is 3. The molecule has 1 aliphatic carbocycles. The lowest BCUT2D eigenvalue weighted by Gasteiger charge is -2.42. The van der Waals surface area contributed by atoms with Gasteiger partial charge >= 0.3 is 12.1 Å². The number of aliphatic carboxylic acids is 1. The second-order valence-electron chi connectivity index (χ2n) is 6.38. The Morgan fingerprint density at radius 2 is 1.96 bits per heavy atom. The van der Waals surface area contributed by atoms with Gasteiger partial charge in [0.15, 0.2) is 0 Å². The molecule has 0 heterocycles. The molecule has 0 aromatic heterocycles. The molecule has 0 aliphatic heterocycles. The number of benzene rings is 1. The normalized spacial score (nSPS) is 20.8. The number of carboxylic acids is 1. The van der Waals surface area contributed by atoms with Crippen LogP contribution in [0.4, 0.5) is 13.2 Å². The van der Waals surface area contributed by atoms with Crippen LogP contribution in [0.3, 0.4) is 0 Å². The van der Waals surface area contributed by atoms with Crippen molar-refractivity contribution in [3.63, 3.8) is 0 Å². The first-order valence-electron chi connectivity index (χ1n) is 8.10. The second-order valence-corrected chi connectivity index (χ2v) is 8.06. The first-order valence-corrected chi connectivity index (χ1v) is 9.58. The van der Waals surface area contributed by atoms with Gasteiger partial charge in [0, 0.05) is 12.1 Å². The summed E-state index contributed by atoms with van der Waals surface area (Å²) in [6, 6.07) is 2.12. The predicted octanol–water partition coefficient (Wildman–Crippen LogP) is 2.23. The zero-order valence-electron chi connectivity index (χ0n) is 14.4. The molecule has 10 heteroatoms. The van der Waals surface area contributed by atoms with Crippen LogP contribution in [0.15, 0.2) is 23.1 Å². The summed E-state index contributed by atoms with van der Waals surface area (Å²) in [7, 11) is -4.10. The molecule has 0 spiro atoms. The van der Waals surface area contributed by atoms with Crippen molar-refractivity contribution in [2.75, 3.05) is 13.1 Å². The van der Waals surface area contributed by atoms with E-state index in [1.165, 1.54) is 6.92 Å². The van der Waals surface area contributed by atoms with Gasteiger partial charge in [-0.1, -0.05) is 13.0 Å². The average Bonchev–Trinajstić information content (AvgIpc) is 2.47. The van der Waals surface area contributed by atoms with Gasteiger partial charge in [0.05, 0.1) is 17.0 Å². The number of carbonyl (C=O) groups is 1. The fourth-order valence-corrected chi connectivity index (χ4v) is 4.54. The second kappa shape index (κ2) is 7.53. The van der Waals surface area contributed by atoms with E-state index in [9.17, 15) is 26.4 Å². The molecule has 0 saturated heterocycles. The number of hydrogen-bond acceptors (Lipinski definition) is 4.